The first-order valence-electron chi connectivity index (χ1n) is 5.77. The Bertz CT molecular complexity index is 641. The summed E-state index contributed by atoms with van der Waals surface area (Å²) in [5.74, 6) is -0.263. The number of amides is 1. The third-order valence-electron chi connectivity index (χ3n) is 2.77. The molecule has 0 bridgehead atoms. The zero-order chi connectivity index (χ0) is 14.0. The van der Waals surface area contributed by atoms with E-state index in [1.165, 1.54) is 0 Å². The van der Waals surface area contributed by atoms with Crippen molar-refractivity contribution in [3.8, 4) is 0 Å². The van der Waals surface area contributed by atoms with Crippen LogP contribution in [0, 0.1) is 13.8 Å². The highest BCUT2D eigenvalue weighted by atomic mass is 35.5. The highest BCUT2D eigenvalue weighted by Crippen LogP contribution is 2.21. The predicted molar refractivity (Wildman–Crippen MR) is 77.5 cm³/mol. The minimum absolute atomic E-state index is 0.263. The molecule has 3 N–H and O–H groups in total. The third-order valence-corrected chi connectivity index (χ3v) is 3.07. The van der Waals surface area contributed by atoms with E-state index in [9.17, 15) is 4.79 Å². The van der Waals surface area contributed by atoms with Crippen molar-refractivity contribution >= 4 is 28.9 Å². The van der Waals surface area contributed by atoms with Gasteiger partial charge in [-0.15, -0.1) is 0 Å². The number of hydrogen-bond acceptors (Lipinski definition) is 3. The van der Waals surface area contributed by atoms with Crippen molar-refractivity contribution in [2.24, 2.45) is 0 Å². The second kappa shape index (κ2) is 5.28. The van der Waals surface area contributed by atoms with E-state index in [0.717, 1.165) is 11.1 Å². The van der Waals surface area contributed by atoms with Crippen molar-refractivity contribution in [1.82, 2.24) is 4.98 Å². The number of pyridine rings is 1. The van der Waals surface area contributed by atoms with Crippen LogP contribution in [0.2, 0.25) is 5.15 Å². The number of aryl methyl sites for hydroxylation is 2. The van der Waals surface area contributed by atoms with Crippen LogP contribution in [0.3, 0.4) is 0 Å². The van der Waals surface area contributed by atoms with Crippen molar-refractivity contribution in [2.45, 2.75) is 13.8 Å². The summed E-state index contributed by atoms with van der Waals surface area (Å²) in [5.41, 5.74) is 9.21. The number of benzene rings is 1. The molecule has 1 heterocycles. The molecule has 0 saturated carbocycles. The van der Waals surface area contributed by atoms with Crippen LogP contribution in [0.4, 0.5) is 11.4 Å². The van der Waals surface area contributed by atoms with Crippen molar-refractivity contribution in [3.63, 3.8) is 0 Å². The first-order chi connectivity index (χ1) is 8.97. The van der Waals surface area contributed by atoms with Crippen LogP contribution < -0.4 is 11.1 Å². The van der Waals surface area contributed by atoms with E-state index in [1.807, 2.05) is 13.8 Å². The van der Waals surface area contributed by atoms with Gasteiger partial charge in [-0.3, -0.25) is 4.79 Å². The number of carbonyl (C=O) groups is 1. The molecule has 0 aliphatic rings. The largest absolute Gasteiger partial charge is 0.398 e. The van der Waals surface area contributed by atoms with Gasteiger partial charge in [-0.2, -0.15) is 0 Å². The molecule has 5 heteroatoms. The van der Waals surface area contributed by atoms with Gasteiger partial charge < -0.3 is 11.1 Å². The van der Waals surface area contributed by atoms with E-state index < -0.39 is 0 Å². The molecule has 0 aliphatic carbocycles. The van der Waals surface area contributed by atoms with Gasteiger partial charge in [0, 0.05) is 17.4 Å². The second-order valence-corrected chi connectivity index (χ2v) is 4.73. The summed E-state index contributed by atoms with van der Waals surface area (Å²) in [6.45, 7) is 3.77. The van der Waals surface area contributed by atoms with Gasteiger partial charge in [0.1, 0.15) is 0 Å². The first-order valence-corrected chi connectivity index (χ1v) is 6.15. The van der Waals surface area contributed by atoms with Crippen LogP contribution in [0.25, 0.3) is 0 Å². The summed E-state index contributed by atoms with van der Waals surface area (Å²) in [6.07, 6.45) is 1.64. The van der Waals surface area contributed by atoms with Gasteiger partial charge >= 0.3 is 0 Å². The Morgan fingerprint density at radius 2 is 2.05 bits per heavy atom. The molecule has 1 aromatic heterocycles. The lowest BCUT2D eigenvalue weighted by Crippen LogP contribution is -2.13. The van der Waals surface area contributed by atoms with Gasteiger partial charge in [0.05, 0.1) is 5.69 Å². The Morgan fingerprint density at radius 1 is 1.32 bits per heavy atom. The van der Waals surface area contributed by atoms with Crippen LogP contribution in [-0.4, -0.2) is 10.9 Å². The molecule has 1 amide bonds. The number of anilines is 2. The lowest BCUT2D eigenvalue weighted by molar-refractivity contribution is 0.102. The van der Waals surface area contributed by atoms with E-state index in [4.69, 9.17) is 17.3 Å². The van der Waals surface area contributed by atoms with E-state index in [1.54, 1.807) is 30.5 Å². The molecule has 2 rings (SSSR count). The highest BCUT2D eigenvalue weighted by Gasteiger charge is 2.10. The first kappa shape index (κ1) is 13.4. The molecular weight excluding hydrogens is 262 g/mol. The molecule has 0 fully saturated rings. The highest BCUT2D eigenvalue weighted by molar-refractivity contribution is 6.32. The van der Waals surface area contributed by atoms with Gasteiger partial charge in [-0.1, -0.05) is 17.7 Å². The van der Waals surface area contributed by atoms with Gasteiger partial charge in [0.2, 0.25) is 0 Å². The van der Waals surface area contributed by atoms with Crippen molar-refractivity contribution in [2.75, 3.05) is 11.1 Å². The smallest absolute Gasteiger partial charge is 0.255 e. The average molecular weight is 276 g/mol. The second-order valence-electron chi connectivity index (χ2n) is 4.38. The summed E-state index contributed by atoms with van der Waals surface area (Å²) >= 11 is 5.93. The fraction of sp³-hybridized carbons (Fsp3) is 0.143. The Balaban J connectivity index is 2.25. The van der Waals surface area contributed by atoms with Crippen LogP contribution in [-0.2, 0) is 0 Å². The number of nitrogens with zero attached hydrogens (tertiary/aromatic N) is 1. The Morgan fingerprint density at radius 3 is 2.74 bits per heavy atom. The third kappa shape index (κ3) is 3.03. The number of aromatic nitrogens is 1. The lowest BCUT2D eigenvalue weighted by Gasteiger charge is -2.08. The summed E-state index contributed by atoms with van der Waals surface area (Å²) in [7, 11) is 0. The van der Waals surface area contributed by atoms with Crippen molar-refractivity contribution in [1.29, 1.82) is 0 Å². The zero-order valence-corrected chi connectivity index (χ0v) is 11.5. The monoisotopic (exact) mass is 275 g/mol. The summed E-state index contributed by atoms with van der Waals surface area (Å²) in [4.78, 5) is 16.1. The maximum atomic E-state index is 12.1. The summed E-state index contributed by atoms with van der Waals surface area (Å²) < 4.78 is 0. The number of hydrogen-bond donors (Lipinski definition) is 2. The number of nitrogens with one attached hydrogen (secondary N) is 1. The SMILES string of the molecule is Cc1cnc(Cl)c(NC(=O)c2ccc(C)c(N)c2)c1. The number of rotatable bonds is 2. The minimum Gasteiger partial charge on any atom is -0.398 e. The van der Waals surface area contributed by atoms with Crippen LogP contribution in [0.5, 0.6) is 0 Å². The summed E-state index contributed by atoms with van der Waals surface area (Å²) in [5, 5.41) is 2.99. The molecule has 0 atom stereocenters. The van der Waals surface area contributed by atoms with E-state index in [-0.39, 0.29) is 11.1 Å². The van der Waals surface area contributed by atoms with Crippen molar-refractivity contribution in [3.05, 3.63) is 52.3 Å². The Kier molecular flexibility index (Phi) is 3.71. The molecule has 1 aromatic carbocycles. The van der Waals surface area contributed by atoms with Gasteiger partial charge in [0.15, 0.2) is 5.15 Å². The number of nitrogens with two attached hydrogens (primary N) is 1. The topological polar surface area (TPSA) is 68.0 Å². The normalized spacial score (nSPS) is 10.3. The standard InChI is InChI=1S/C14H14ClN3O/c1-8-5-12(13(15)17-7-8)18-14(19)10-4-3-9(2)11(16)6-10/h3-7H,16H2,1-2H3,(H,18,19). The van der Waals surface area contributed by atoms with Crippen molar-refractivity contribution < 1.29 is 4.79 Å². The molecule has 19 heavy (non-hydrogen) atoms. The quantitative estimate of drug-likeness (QED) is 0.653. The molecule has 0 spiro atoms. The number of nitrogen functional groups attached to an aromatic ring is 1. The molecule has 4 nitrogen and oxygen atoms in total. The molecule has 0 radical (unpaired) electrons. The van der Waals surface area contributed by atoms with Gasteiger partial charge in [0.25, 0.3) is 5.91 Å². The average Bonchev–Trinajstić information content (AvgIpc) is 2.37. The molecule has 0 saturated heterocycles. The molecule has 2 aromatic rings. The Hall–Kier alpha value is -2.07. The maximum Gasteiger partial charge on any atom is 0.255 e. The maximum absolute atomic E-state index is 12.1. The number of carbonyl (C=O) groups excluding carboxylic acids is 1. The zero-order valence-electron chi connectivity index (χ0n) is 10.7. The Labute approximate surface area is 116 Å². The van der Waals surface area contributed by atoms with E-state index >= 15 is 0 Å². The van der Waals surface area contributed by atoms with Gasteiger partial charge in [-0.05, 0) is 43.2 Å². The molecule has 0 aliphatic heterocycles. The lowest BCUT2D eigenvalue weighted by atomic mass is 10.1. The van der Waals surface area contributed by atoms with Gasteiger partial charge in [-0.25, -0.2) is 4.98 Å². The molecular formula is C14H14ClN3O. The van der Waals surface area contributed by atoms with Crippen LogP contribution in [0.15, 0.2) is 30.5 Å². The number of halogens is 1. The van der Waals surface area contributed by atoms with E-state index in [2.05, 4.69) is 10.3 Å². The molecule has 98 valence electrons. The fourth-order valence-electron chi connectivity index (χ4n) is 1.62. The predicted octanol–water partition coefficient (Wildman–Crippen LogP) is 3.19. The van der Waals surface area contributed by atoms with E-state index in [0.29, 0.717) is 16.9 Å². The van der Waals surface area contributed by atoms with Crippen LogP contribution >= 0.6 is 11.6 Å². The minimum atomic E-state index is -0.263. The molecule has 0 unspecified atom stereocenters. The summed E-state index contributed by atoms with van der Waals surface area (Å²) in [6, 6.07) is 6.94. The van der Waals surface area contributed by atoms with Crippen LogP contribution in [0.1, 0.15) is 21.5 Å². The fourth-order valence-corrected chi connectivity index (χ4v) is 1.77.